The molecule has 1 heterocycles. The molecule has 0 aliphatic carbocycles. The van der Waals surface area contributed by atoms with Gasteiger partial charge in [-0.2, -0.15) is 0 Å². The molecular weight excluding hydrogens is 715 g/mol. The number of esters is 2. The Balaban J connectivity index is 1.50. The molecule has 0 bridgehead atoms. The van der Waals surface area contributed by atoms with Crippen LogP contribution in [-0.2, 0) is 37.0 Å². The van der Waals surface area contributed by atoms with Gasteiger partial charge in [-0.15, -0.1) is 0 Å². The Hall–Kier alpha value is -4.26. The van der Waals surface area contributed by atoms with Crippen molar-refractivity contribution >= 4 is 38.5 Å². The molecule has 0 amide bonds. The lowest BCUT2D eigenvalue weighted by Gasteiger charge is -2.46. The van der Waals surface area contributed by atoms with Crippen LogP contribution in [0.2, 0.25) is 0 Å². The first kappa shape index (κ1) is 34.1. The normalized spacial score (nSPS) is 20.6. The summed E-state index contributed by atoms with van der Waals surface area (Å²) >= 11 is 1.54. The zero-order valence-electron chi connectivity index (χ0n) is 25.9. The maximum absolute atomic E-state index is 13.8. The second-order valence-corrected chi connectivity index (χ2v) is 12.1. The molecule has 0 aromatic heterocycles. The largest absolute Gasteiger partial charge is 0.461 e. The average Bonchev–Trinajstić information content (AvgIpc) is 3.08. The van der Waals surface area contributed by atoms with Crippen molar-refractivity contribution in [3.63, 3.8) is 0 Å². The van der Waals surface area contributed by atoms with E-state index < -0.39 is 46.4 Å². The van der Waals surface area contributed by atoms with Gasteiger partial charge >= 0.3 is 15.9 Å². The van der Waals surface area contributed by atoms with E-state index in [1.165, 1.54) is 22.6 Å². The predicted molar refractivity (Wildman–Crippen MR) is 181 cm³/mol. The van der Waals surface area contributed by atoms with Crippen molar-refractivity contribution in [3.05, 3.63) is 132 Å². The number of carbonyl (C=O) groups is 3. The summed E-state index contributed by atoms with van der Waals surface area (Å²) in [6.45, 7) is 4.14. The van der Waals surface area contributed by atoms with Crippen molar-refractivity contribution in [3.8, 4) is 11.5 Å². The molecule has 1 fully saturated rings. The molecule has 0 saturated carbocycles. The molecule has 5 rings (SSSR count). The lowest BCUT2D eigenvalue weighted by atomic mass is 9.80. The Morgan fingerprint density at radius 1 is 0.723 bits per heavy atom. The highest BCUT2D eigenvalue weighted by molar-refractivity contribution is 14.1. The van der Waals surface area contributed by atoms with E-state index in [-0.39, 0.29) is 19.1 Å². The number of rotatable bonds is 12. The van der Waals surface area contributed by atoms with Crippen molar-refractivity contribution in [1.29, 1.82) is 0 Å². The molecule has 4 aromatic rings. The summed E-state index contributed by atoms with van der Waals surface area (Å²) in [4.78, 5) is 38.7. The highest BCUT2D eigenvalue weighted by atomic mass is 127. The Morgan fingerprint density at radius 3 is 1.85 bits per heavy atom. The molecule has 0 N–H and O–H groups in total. The summed E-state index contributed by atoms with van der Waals surface area (Å²) in [5, 5.41) is 0. The first-order chi connectivity index (χ1) is 22.8. The molecule has 5 unspecified atom stereocenters. The summed E-state index contributed by atoms with van der Waals surface area (Å²) in [6, 6.07) is 33.8. The monoisotopic (exact) mass is 750 g/mol. The third-order valence-corrected chi connectivity index (χ3v) is 7.86. The van der Waals surface area contributed by atoms with Gasteiger partial charge in [-0.25, -0.2) is 14.4 Å². The molecule has 4 aromatic carbocycles. The van der Waals surface area contributed by atoms with Crippen LogP contribution in [0.3, 0.4) is 0 Å². The van der Waals surface area contributed by atoms with Crippen LogP contribution in [0.5, 0.6) is 11.5 Å². The van der Waals surface area contributed by atoms with Crippen LogP contribution in [0.4, 0.5) is 4.79 Å². The average molecular weight is 751 g/mol. The first-order valence-corrected chi connectivity index (χ1v) is 16.3. The third kappa shape index (κ3) is 9.40. The number of hydrogen-bond donors (Lipinski definition) is 0. The van der Waals surface area contributed by atoms with E-state index in [1.54, 1.807) is 54.6 Å². The maximum Gasteiger partial charge on any atom is 0.372 e. The zero-order valence-corrected chi connectivity index (χ0v) is 28.1. The van der Waals surface area contributed by atoms with E-state index >= 15 is 0 Å². The van der Waals surface area contributed by atoms with Crippen molar-refractivity contribution in [1.82, 2.24) is 0 Å². The van der Waals surface area contributed by atoms with Gasteiger partial charge in [0.05, 0.1) is 34.8 Å². The molecule has 0 radical (unpaired) electrons. The van der Waals surface area contributed by atoms with Crippen LogP contribution < -0.4 is 9.47 Å². The van der Waals surface area contributed by atoms with E-state index in [9.17, 15) is 14.4 Å². The zero-order chi connectivity index (χ0) is 33.2. The van der Waals surface area contributed by atoms with Gasteiger partial charge in [0.2, 0.25) is 6.29 Å². The summed E-state index contributed by atoms with van der Waals surface area (Å²) in [5.74, 6) is -1.29. The molecule has 0 spiro atoms. The molecule has 1 aliphatic rings. The number of benzene rings is 4. The number of hydrogen-bond acceptors (Lipinski definition) is 9. The number of halogens is 1. The second kappa shape index (κ2) is 16.5. The van der Waals surface area contributed by atoms with E-state index in [0.717, 1.165) is 11.1 Å². The fourth-order valence-electron chi connectivity index (χ4n) is 5.38. The molecular formula is C37H35IO9. The van der Waals surface area contributed by atoms with E-state index in [2.05, 4.69) is 0 Å². The Bertz CT molecular complexity index is 1600. The van der Waals surface area contributed by atoms with Crippen LogP contribution in [0.25, 0.3) is 0 Å². The van der Waals surface area contributed by atoms with Gasteiger partial charge < -0.3 is 28.4 Å². The van der Waals surface area contributed by atoms with E-state index in [4.69, 9.17) is 28.4 Å². The van der Waals surface area contributed by atoms with Crippen molar-refractivity contribution in [2.75, 3.05) is 0 Å². The van der Waals surface area contributed by atoms with Gasteiger partial charge in [-0.05, 0) is 53.4 Å². The maximum atomic E-state index is 13.8. The van der Waals surface area contributed by atoms with Crippen LogP contribution in [0.15, 0.2) is 115 Å². The predicted octanol–water partition coefficient (Wildman–Crippen LogP) is 7.55. The molecule has 5 atom stereocenters. The van der Waals surface area contributed by atoms with Gasteiger partial charge in [-0.3, -0.25) is 0 Å². The molecule has 10 heteroatoms. The van der Waals surface area contributed by atoms with Crippen molar-refractivity contribution < 1.29 is 42.8 Å². The fraction of sp³-hybridized carbons (Fsp3) is 0.270. The second-order valence-electron chi connectivity index (χ2n) is 11.3. The van der Waals surface area contributed by atoms with Gasteiger partial charge in [0.1, 0.15) is 24.2 Å². The molecule has 47 heavy (non-hydrogen) atoms. The minimum Gasteiger partial charge on any atom is -0.461 e. The molecule has 244 valence electrons. The Kier molecular flexibility index (Phi) is 12.0. The fourth-order valence-corrected chi connectivity index (χ4v) is 5.63. The van der Waals surface area contributed by atoms with Crippen molar-refractivity contribution in [2.45, 2.75) is 51.7 Å². The minimum atomic E-state index is -1.27. The Morgan fingerprint density at radius 2 is 1.28 bits per heavy atom. The smallest absolute Gasteiger partial charge is 0.372 e. The highest BCUT2D eigenvalue weighted by Gasteiger charge is 2.54. The number of ether oxygens (including phenoxy) is 6. The lowest BCUT2D eigenvalue weighted by Crippen LogP contribution is -2.62. The minimum absolute atomic E-state index is 0.0504. The van der Waals surface area contributed by atoms with Gasteiger partial charge in [0.25, 0.3) is 0 Å². The van der Waals surface area contributed by atoms with Crippen molar-refractivity contribution in [2.24, 2.45) is 11.8 Å². The standard InChI is InChI=1S/C37H35IO9/c1-24(2)30-31(42-22-25-12-6-3-7-13-25)33(46-34(39)27-16-10-5-11-17-27)36(44-28-18-20-29(21-19-28)45-37(38)41)47-32(30)35(40)43-23-26-14-8-4-9-15-26/h3-21,24,30-33,36H,22-23H2,1-2H3. The van der Waals surface area contributed by atoms with Gasteiger partial charge in [0, 0.05) is 5.92 Å². The van der Waals surface area contributed by atoms with Gasteiger partial charge in [-0.1, -0.05) is 92.7 Å². The molecule has 1 aliphatic heterocycles. The highest BCUT2D eigenvalue weighted by Crippen LogP contribution is 2.38. The number of carbonyl (C=O) groups excluding carboxylic acids is 3. The van der Waals surface area contributed by atoms with E-state index in [1.807, 2.05) is 74.5 Å². The summed E-state index contributed by atoms with van der Waals surface area (Å²) in [6.07, 6.45) is -4.32. The van der Waals surface area contributed by atoms with Crippen LogP contribution in [0.1, 0.15) is 35.3 Å². The summed E-state index contributed by atoms with van der Waals surface area (Å²) < 4.78 is 35.8. The lowest BCUT2D eigenvalue weighted by molar-refractivity contribution is -0.275. The molecule has 9 nitrogen and oxygen atoms in total. The molecule has 1 saturated heterocycles. The van der Waals surface area contributed by atoms with Crippen LogP contribution in [-0.4, -0.2) is 40.5 Å². The van der Waals surface area contributed by atoms with Crippen LogP contribution >= 0.6 is 22.6 Å². The first-order valence-electron chi connectivity index (χ1n) is 15.2. The SMILES string of the molecule is CC(C)C1C(C(=O)OCc2ccccc2)OC(Oc2ccc(OC(=O)I)cc2)C(OC(=O)c2ccccc2)C1OCc1ccccc1. The summed E-state index contributed by atoms with van der Waals surface area (Å²) in [5.41, 5.74) is 2.06. The van der Waals surface area contributed by atoms with Gasteiger partial charge in [0.15, 0.2) is 12.2 Å². The van der Waals surface area contributed by atoms with Crippen LogP contribution in [0, 0.1) is 11.8 Å². The topological polar surface area (TPSA) is 107 Å². The quantitative estimate of drug-likeness (QED) is 0.0825. The third-order valence-electron chi connectivity index (χ3n) is 7.64. The van der Waals surface area contributed by atoms with E-state index in [0.29, 0.717) is 17.1 Å². The summed E-state index contributed by atoms with van der Waals surface area (Å²) in [7, 11) is 0. The Labute approximate surface area is 287 Å².